The quantitative estimate of drug-likeness (QED) is 0.272. The topological polar surface area (TPSA) is 213 Å². The van der Waals surface area contributed by atoms with E-state index in [0.717, 1.165) is 12.8 Å². The van der Waals surface area contributed by atoms with Crippen molar-refractivity contribution in [2.24, 2.45) is 0 Å². The summed E-state index contributed by atoms with van der Waals surface area (Å²) in [6, 6.07) is -3.13. The van der Waals surface area contributed by atoms with Crippen LogP contribution in [0.5, 0.6) is 0 Å². The summed E-state index contributed by atoms with van der Waals surface area (Å²) in [5.41, 5.74) is 0.258. The maximum absolute atomic E-state index is 13.4. The van der Waals surface area contributed by atoms with Gasteiger partial charge in [0.05, 0.1) is 12.4 Å². The summed E-state index contributed by atoms with van der Waals surface area (Å²) in [7, 11) is 0. The number of nitrogens with zero attached hydrogens (tertiary/aromatic N) is 4. The van der Waals surface area contributed by atoms with Crippen LogP contribution in [0, 0.1) is 0 Å². The molecule has 0 bridgehead atoms. The van der Waals surface area contributed by atoms with Crippen LogP contribution in [0.1, 0.15) is 58.7 Å². The minimum Gasteiger partial charge on any atom is -0.480 e. The number of carboxylic acids is 1. The number of carbonyl (C=O) groups excluding carboxylic acids is 4. The number of likely N-dealkylation sites (tertiary alicyclic amines) is 1. The van der Waals surface area contributed by atoms with Crippen molar-refractivity contribution in [3.8, 4) is 0 Å². The molecule has 186 valence electrons. The standard InChI is InChI=1S/C20H24N8O7/c1-9(29)21-6-14(20(33)34)25-18(31)15-4-11(24-17(30)13-7-22-27-26-13)8-28(15)19(32)12-5-23-35-16(12)10-2-3-10/h5,7,10-11,14-15H,2-4,6,8H2,1H3,(H,21,29)(H,24,30)(H,25,31)(H,33,34)(H,22,26,27)/t11-,14+,15+/m1/s1. The molecule has 4 amide bonds. The van der Waals surface area contributed by atoms with E-state index in [9.17, 15) is 29.1 Å². The van der Waals surface area contributed by atoms with Gasteiger partial charge < -0.3 is 30.5 Å². The lowest BCUT2D eigenvalue weighted by Crippen LogP contribution is -2.54. The Morgan fingerprint density at radius 2 is 2.03 bits per heavy atom. The second-order valence-corrected chi connectivity index (χ2v) is 8.45. The van der Waals surface area contributed by atoms with Crippen LogP contribution in [-0.2, 0) is 14.4 Å². The van der Waals surface area contributed by atoms with E-state index in [4.69, 9.17) is 4.52 Å². The molecule has 1 aliphatic carbocycles. The zero-order valence-corrected chi connectivity index (χ0v) is 18.7. The highest BCUT2D eigenvalue weighted by atomic mass is 16.5. The third kappa shape index (κ3) is 5.44. The first kappa shape index (κ1) is 23.8. The third-order valence-electron chi connectivity index (χ3n) is 5.79. The van der Waals surface area contributed by atoms with Crippen LogP contribution >= 0.6 is 0 Å². The Labute approximate surface area is 198 Å². The number of hydrogen-bond donors (Lipinski definition) is 5. The molecule has 5 N–H and O–H groups in total. The van der Waals surface area contributed by atoms with Crippen LogP contribution in [0.15, 0.2) is 16.9 Å². The number of hydrogen-bond acceptors (Lipinski definition) is 9. The largest absolute Gasteiger partial charge is 0.480 e. The smallest absolute Gasteiger partial charge is 0.328 e. The first-order valence-corrected chi connectivity index (χ1v) is 10.9. The van der Waals surface area contributed by atoms with Crippen LogP contribution in [0.25, 0.3) is 0 Å². The number of H-pyrrole nitrogens is 1. The van der Waals surface area contributed by atoms with Gasteiger partial charge in [-0.05, 0) is 19.3 Å². The van der Waals surface area contributed by atoms with Crippen molar-refractivity contribution in [2.45, 2.75) is 50.2 Å². The second-order valence-electron chi connectivity index (χ2n) is 8.45. The summed E-state index contributed by atoms with van der Waals surface area (Å²) in [6.07, 6.45) is 4.27. The summed E-state index contributed by atoms with van der Waals surface area (Å²) >= 11 is 0. The molecule has 0 radical (unpaired) electrons. The van der Waals surface area contributed by atoms with Gasteiger partial charge in [-0.2, -0.15) is 15.4 Å². The Morgan fingerprint density at radius 3 is 2.66 bits per heavy atom. The lowest BCUT2D eigenvalue weighted by molar-refractivity contribution is -0.142. The lowest BCUT2D eigenvalue weighted by atomic mass is 10.1. The van der Waals surface area contributed by atoms with Crippen molar-refractivity contribution in [3.05, 3.63) is 29.4 Å². The molecule has 1 saturated carbocycles. The Bertz CT molecular complexity index is 1130. The number of rotatable bonds is 9. The van der Waals surface area contributed by atoms with Gasteiger partial charge in [0.2, 0.25) is 11.8 Å². The molecular formula is C20H24N8O7. The normalized spacial score (nSPS) is 20.2. The number of nitrogens with one attached hydrogen (secondary N) is 4. The predicted molar refractivity (Wildman–Crippen MR) is 114 cm³/mol. The Hall–Kier alpha value is -4.30. The van der Waals surface area contributed by atoms with Gasteiger partial charge in [-0.25, -0.2) is 4.79 Å². The average Bonchev–Trinajstić information content (AvgIpc) is 3.23. The van der Waals surface area contributed by atoms with Crippen molar-refractivity contribution in [2.75, 3.05) is 13.1 Å². The van der Waals surface area contributed by atoms with E-state index in [1.54, 1.807) is 0 Å². The molecule has 3 heterocycles. The second kappa shape index (κ2) is 9.90. The Balaban J connectivity index is 1.53. The van der Waals surface area contributed by atoms with Gasteiger partial charge in [0.25, 0.3) is 11.8 Å². The molecule has 15 nitrogen and oxygen atoms in total. The van der Waals surface area contributed by atoms with Crippen molar-refractivity contribution >= 4 is 29.6 Å². The molecule has 0 spiro atoms. The number of carboxylic acid groups (broad SMARTS) is 1. The molecular weight excluding hydrogens is 464 g/mol. The van der Waals surface area contributed by atoms with Crippen molar-refractivity contribution in [3.63, 3.8) is 0 Å². The molecule has 2 aromatic heterocycles. The minimum absolute atomic E-state index is 0.0147. The molecule has 1 saturated heterocycles. The fourth-order valence-electron chi connectivity index (χ4n) is 3.90. The van der Waals surface area contributed by atoms with Crippen LogP contribution in [0.2, 0.25) is 0 Å². The predicted octanol–water partition coefficient (Wildman–Crippen LogP) is -1.61. The van der Waals surface area contributed by atoms with E-state index >= 15 is 0 Å². The minimum atomic E-state index is -1.41. The molecule has 2 fully saturated rings. The van der Waals surface area contributed by atoms with Crippen molar-refractivity contribution in [1.82, 2.24) is 41.4 Å². The Morgan fingerprint density at radius 1 is 1.26 bits per heavy atom. The number of aromatic nitrogens is 4. The Kier molecular flexibility index (Phi) is 6.75. The van der Waals surface area contributed by atoms with E-state index in [-0.39, 0.29) is 36.7 Å². The molecule has 0 aromatic carbocycles. The highest BCUT2D eigenvalue weighted by molar-refractivity contribution is 5.99. The molecule has 2 aromatic rings. The van der Waals surface area contributed by atoms with Crippen molar-refractivity contribution < 1.29 is 33.6 Å². The highest BCUT2D eigenvalue weighted by Gasteiger charge is 2.44. The van der Waals surface area contributed by atoms with E-state index in [0.29, 0.717) is 5.76 Å². The number of aromatic amines is 1. The maximum Gasteiger partial charge on any atom is 0.328 e. The fourth-order valence-corrected chi connectivity index (χ4v) is 3.90. The van der Waals surface area contributed by atoms with Gasteiger partial charge in [-0.15, -0.1) is 0 Å². The van der Waals surface area contributed by atoms with Gasteiger partial charge in [-0.3, -0.25) is 19.2 Å². The van der Waals surface area contributed by atoms with E-state index in [2.05, 4.69) is 36.5 Å². The maximum atomic E-state index is 13.4. The van der Waals surface area contributed by atoms with Gasteiger partial charge >= 0.3 is 5.97 Å². The van der Waals surface area contributed by atoms with E-state index < -0.39 is 47.7 Å². The molecule has 35 heavy (non-hydrogen) atoms. The first-order valence-electron chi connectivity index (χ1n) is 10.9. The molecule has 2 aliphatic rings. The molecule has 3 atom stereocenters. The van der Waals surface area contributed by atoms with Crippen molar-refractivity contribution in [1.29, 1.82) is 0 Å². The summed E-state index contributed by atoms with van der Waals surface area (Å²) < 4.78 is 5.25. The monoisotopic (exact) mass is 488 g/mol. The molecule has 4 rings (SSSR count). The average molecular weight is 488 g/mol. The zero-order chi connectivity index (χ0) is 25.1. The van der Waals surface area contributed by atoms with Gasteiger partial charge in [0.1, 0.15) is 17.6 Å². The SMILES string of the molecule is CC(=O)NC[C@H](NC(=O)[C@@H]1C[C@@H](NC(=O)c2cn[nH]n2)CN1C(=O)c1cnoc1C1CC1)C(=O)O. The van der Waals surface area contributed by atoms with Crippen LogP contribution in [0.3, 0.4) is 0 Å². The van der Waals surface area contributed by atoms with Crippen LogP contribution < -0.4 is 16.0 Å². The van der Waals surface area contributed by atoms with E-state index in [1.807, 2.05) is 0 Å². The lowest BCUT2D eigenvalue weighted by Gasteiger charge is -2.25. The van der Waals surface area contributed by atoms with Crippen LogP contribution in [0.4, 0.5) is 0 Å². The number of aliphatic carboxylic acids is 1. The molecule has 1 aliphatic heterocycles. The van der Waals surface area contributed by atoms with E-state index in [1.165, 1.54) is 24.2 Å². The molecule has 0 unspecified atom stereocenters. The molecule has 15 heteroatoms. The fraction of sp³-hybridized carbons (Fsp3) is 0.500. The summed E-state index contributed by atoms with van der Waals surface area (Å²) in [5, 5.41) is 30.2. The third-order valence-corrected chi connectivity index (χ3v) is 5.79. The van der Waals surface area contributed by atoms with Gasteiger partial charge in [0, 0.05) is 32.0 Å². The number of amides is 4. The zero-order valence-electron chi connectivity index (χ0n) is 18.7. The summed E-state index contributed by atoms with van der Waals surface area (Å²) in [5.74, 6) is -3.08. The van der Waals surface area contributed by atoms with Gasteiger partial charge in [0.15, 0.2) is 11.5 Å². The number of carbonyl (C=O) groups is 5. The summed E-state index contributed by atoms with van der Waals surface area (Å²) in [4.78, 5) is 63.0. The highest BCUT2D eigenvalue weighted by Crippen LogP contribution is 2.42. The van der Waals surface area contributed by atoms with Crippen LogP contribution in [-0.4, -0.2) is 91.4 Å². The van der Waals surface area contributed by atoms with Gasteiger partial charge in [-0.1, -0.05) is 5.16 Å². The summed E-state index contributed by atoms with van der Waals surface area (Å²) in [6.45, 7) is 0.872. The first-order chi connectivity index (χ1) is 16.7.